The maximum atomic E-state index is 12.6. The van der Waals surface area contributed by atoms with Crippen LogP contribution < -0.4 is 0 Å². The minimum Gasteiger partial charge on any atom is -0.492 e. The van der Waals surface area contributed by atoms with E-state index in [1.165, 1.54) is 34.2 Å². The minimum atomic E-state index is -0.443. The second kappa shape index (κ2) is 8.30. The molecule has 1 saturated heterocycles. The van der Waals surface area contributed by atoms with Crippen molar-refractivity contribution in [1.29, 1.82) is 0 Å². The van der Waals surface area contributed by atoms with Crippen LogP contribution in [0.25, 0.3) is 4.96 Å². The number of carbonyl (C=O) groups excluding carboxylic acids is 1. The van der Waals surface area contributed by atoms with E-state index in [1.807, 2.05) is 0 Å². The van der Waals surface area contributed by atoms with Crippen molar-refractivity contribution in [3.05, 3.63) is 74.8 Å². The number of non-ortho nitro benzene ring substituents is 1. The van der Waals surface area contributed by atoms with Gasteiger partial charge in [-0.2, -0.15) is 4.52 Å². The zero-order chi connectivity index (χ0) is 23.1. The highest BCUT2D eigenvalue weighted by atomic mass is 32.1. The number of furan rings is 1. The summed E-state index contributed by atoms with van der Waals surface area (Å²) < 4.78 is 6.64. The Balaban J connectivity index is 1.46. The molecule has 33 heavy (non-hydrogen) atoms. The van der Waals surface area contributed by atoms with E-state index in [0.29, 0.717) is 47.6 Å². The van der Waals surface area contributed by atoms with E-state index in [0.717, 1.165) is 5.56 Å². The molecule has 11 nitrogen and oxygen atoms in total. The molecule has 170 valence electrons. The summed E-state index contributed by atoms with van der Waals surface area (Å²) in [6.07, 6.45) is 1.47. The molecule has 0 aliphatic carbocycles. The molecule has 4 aromatic rings. The molecular weight excluding hydrogens is 448 g/mol. The highest BCUT2D eigenvalue weighted by molar-refractivity contribution is 7.17. The third-order valence-corrected chi connectivity index (χ3v) is 6.74. The Bertz CT molecular complexity index is 1310. The van der Waals surface area contributed by atoms with Crippen molar-refractivity contribution in [3.8, 4) is 5.88 Å². The summed E-state index contributed by atoms with van der Waals surface area (Å²) in [7, 11) is 0. The molecule has 5 rings (SSSR count). The average Bonchev–Trinajstić information content (AvgIpc) is 3.54. The molecule has 1 aromatic carbocycles. The predicted octanol–water partition coefficient (Wildman–Crippen LogP) is 2.85. The van der Waals surface area contributed by atoms with Crippen molar-refractivity contribution in [3.63, 3.8) is 0 Å². The normalized spacial score (nSPS) is 15.7. The van der Waals surface area contributed by atoms with E-state index in [9.17, 15) is 20.0 Å². The monoisotopic (exact) mass is 468 g/mol. The molecule has 1 atom stereocenters. The van der Waals surface area contributed by atoms with Crippen molar-refractivity contribution >= 4 is 27.9 Å². The van der Waals surface area contributed by atoms with Crippen LogP contribution in [0, 0.1) is 17.0 Å². The predicted molar refractivity (Wildman–Crippen MR) is 118 cm³/mol. The van der Waals surface area contributed by atoms with Crippen LogP contribution in [0.15, 0.2) is 47.1 Å². The quantitative estimate of drug-likeness (QED) is 0.350. The van der Waals surface area contributed by atoms with Crippen LogP contribution in [-0.2, 0) is 0 Å². The summed E-state index contributed by atoms with van der Waals surface area (Å²) in [5.74, 6) is 0.686. The lowest BCUT2D eigenvalue weighted by atomic mass is 10.0. The lowest BCUT2D eigenvalue weighted by Gasteiger charge is -2.38. The molecule has 1 amide bonds. The molecule has 1 aliphatic rings. The second-order valence-electron chi connectivity index (χ2n) is 7.70. The number of carbonyl (C=O) groups is 1. The SMILES string of the molecule is Cc1nc2sc(C(c3ccc([N+](=O)[O-])cc3)N3CCN(C(=O)c4ccco4)CC3)c(O)n2n1. The van der Waals surface area contributed by atoms with E-state index < -0.39 is 4.92 Å². The first-order chi connectivity index (χ1) is 15.9. The maximum Gasteiger partial charge on any atom is 0.289 e. The van der Waals surface area contributed by atoms with Gasteiger partial charge in [-0.3, -0.25) is 19.8 Å². The summed E-state index contributed by atoms with van der Waals surface area (Å²) in [5, 5.41) is 26.3. The Morgan fingerprint density at radius 3 is 2.55 bits per heavy atom. The molecule has 12 heteroatoms. The summed E-state index contributed by atoms with van der Waals surface area (Å²) in [6.45, 7) is 3.79. The Kier molecular flexibility index (Phi) is 5.30. The Hall–Kier alpha value is -3.77. The van der Waals surface area contributed by atoms with Crippen molar-refractivity contribution in [2.24, 2.45) is 0 Å². The van der Waals surface area contributed by atoms with E-state index in [1.54, 1.807) is 36.1 Å². The molecule has 4 heterocycles. The first kappa shape index (κ1) is 21.1. The third-order valence-electron chi connectivity index (χ3n) is 5.67. The number of nitro groups is 1. The number of amides is 1. The van der Waals surface area contributed by atoms with Crippen molar-refractivity contribution < 1.29 is 19.2 Å². The van der Waals surface area contributed by atoms with Gasteiger partial charge >= 0.3 is 0 Å². The van der Waals surface area contributed by atoms with E-state index in [-0.39, 0.29) is 23.5 Å². The zero-order valence-electron chi connectivity index (χ0n) is 17.6. The fourth-order valence-corrected chi connectivity index (χ4v) is 5.23. The molecule has 3 aromatic heterocycles. The first-order valence-electron chi connectivity index (χ1n) is 10.3. The van der Waals surface area contributed by atoms with Crippen molar-refractivity contribution in [2.75, 3.05) is 26.2 Å². The number of aromatic nitrogens is 3. The first-order valence-corrected chi connectivity index (χ1v) is 11.1. The Labute approximate surface area is 191 Å². The summed E-state index contributed by atoms with van der Waals surface area (Å²) in [5.41, 5.74) is 0.789. The summed E-state index contributed by atoms with van der Waals surface area (Å²) >= 11 is 1.33. The number of nitrogens with zero attached hydrogens (tertiary/aromatic N) is 6. The number of hydrogen-bond donors (Lipinski definition) is 1. The summed E-state index contributed by atoms with van der Waals surface area (Å²) in [4.78, 5) is 32.7. The molecule has 0 spiro atoms. The van der Waals surface area contributed by atoms with Gasteiger partial charge in [0, 0.05) is 38.3 Å². The van der Waals surface area contributed by atoms with Crippen LogP contribution in [0.4, 0.5) is 5.69 Å². The molecule has 1 N–H and O–H groups in total. The number of benzene rings is 1. The van der Waals surface area contributed by atoms with E-state index >= 15 is 0 Å². The molecule has 1 fully saturated rings. The minimum absolute atomic E-state index is 0.00569. The van der Waals surface area contributed by atoms with Crippen LogP contribution in [0.2, 0.25) is 0 Å². The van der Waals surface area contributed by atoms with Gasteiger partial charge in [0.15, 0.2) is 5.76 Å². The van der Waals surface area contributed by atoms with Crippen LogP contribution >= 0.6 is 11.3 Å². The van der Waals surface area contributed by atoms with Gasteiger partial charge in [-0.15, -0.1) is 5.10 Å². The van der Waals surface area contributed by atoms with Crippen LogP contribution in [0.1, 0.15) is 32.9 Å². The van der Waals surface area contributed by atoms with E-state index in [2.05, 4.69) is 15.0 Å². The standard InChI is InChI=1S/C21H20N6O5S/c1-13-22-21-26(23-13)20(29)18(33-21)17(14-4-6-15(7-5-14)27(30)31)24-8-10-25(11-9-24)19(28)16-3-2-12-32-16/h2-7,12,17,29H,8-11H2,1H3. The van der Waals surface area contributed by atoms with Crippen LogP contribution in [0.3, 0.4) is 0 Å². The van der Waals surface area contributed by atoms with Crippen molar-refractivity contribution in [2.45, 2.75) is 13.0 Å². The number of piperazine rings is 1. The van der Waals surface area contributed by atoms with Gasteiger partial charge in [0.1, 0.15) is 5.82 Å². The lowest BCUT2D eigenvalue weighted by Crippen LogP contribution is -2.49. The molecular formula is C21H20N6O5S. The maximum absolute atomic E-state index is 12.6. The number of thiazole rings is 1. The number of aryl methyl sites for hydroxylation is 1. The number of aromatic hydroxyl groups is 1. The highest BCUT2D eigenvalue weighted by Crippen LogP contribution is 2.40. The van der Waals surface area contributed by atoms with Gasteiger partial charge in [-0.05, 0) is 24.6 Å². The zero-order valence-corrected chi connectivity index (χ0v) is 18.4. The average molecular weight is 468 g/mol. The highest BCUT2D eigenvalue weighted by Gasteiger charge is 2.33. The number of nitro benzene ring substituents is 1. The van der Waals surface area contributed by atoms with Gasteiger partial charge in [-0.1, -0.05) is 23.5 Å². The molecule has 0 saturated carbocycles. The van der Waals surface area contributed by atoms with Gasteiger partial charge in [0.2, 0.25) is 10.8 Å². The smallest absolute Gasteiger partial charge is 0.289 e. The molecule has 1 aliphatic heterocycles. The second-order valence-corrected chi connectivity index (χ2v) is 8.71. The molecule has 1 unspecified atom stereocenters. The summed E-state index contributed by atoms with van der Waals surface area (Å²) in [6, 6.07) is 9.25. The fraction of sp³-hybridized carbons (Fsp3) is 0.286. The Morgan fingerprint density at radius 1 is 1.21 bits per heavy atom. The third kappa shape index (κ3) is 3.83. The van der Waals surface area contributed by atoms with Crippen LogP contribution in [0.5, 0.6) is 5.88 Å². The van der Waals surface area contributed by atoms with Gasteiger partial charge in [0.05, 0.1) is 22.1 Å². The number of fused-ring (bicyclic) bond motifs is 1. The largest absolute Gasteiger partial charge is 0.492 e. The number of rotatable bonds is 5. The molecule has 0 radical (unpaired) electrons. The van der Waals surface area contributed by atoms with Gasteiger partial charge < -0.3 is 14.4 Å². The van der Waals surface area contributed by atoms with Crippen LogP contribution in [-0.4, -0.2) is 66.5 Å². The van der Waals surface area contributed by atoms with Gasteiger partial charge in [-0.25, -0.2) is 4.98 Å². The topological polar surface area (TPSA) is 130 Å². The van der Waals surface area contributed by atoms with E-state index in [4.69, 9.17) is 4.42 Å². The van der Waals surface area contributed by atoms with Crippen molar-refractivity contribution in [1.82, 2.24) is 24.4 Å². The fourth-order valence-electron chi connectivity index (χ4n) is 4.07. The number of hydrogen-bond acceptors (Lipinski definition) is 9. The molecule has 0 bridgehead atoms. The lowest BCUT2D eigenvalue weighted by molar-refractivity contribution is -0.384. The Morgan fingerprint density at radius 2 is 1.94 bits per heavy atom. The van der Waals surface area contributed by atoms with Gasteiger partial charge in [0.25, 0.3) is 11.6 Å².